The van der Waals surface area contributed by atoms with Gasteiger partial charge in [0.1, 0.15) is 11.2 Å². The molecule has 0 saturated heterocycles. The van der Waals surface area contributed by atoms with Crippen molar-refractivity contribution in [1.29, 1.82) is 0 Å². The van der Waals surface area contributed by atoms with Crippen LogP contribution in [0.3, 0.4) is 0 Å². The fourth-order valence-electron chi connectivity index (χ4n) is 1.16. The fourth-order valence-corrected chi connectivity index (χ4v) is 1.95. The number of hydrogen-bond donors (Lipinski definition) is 1. The number of carbonyl (C=O) groups excluding carboxylic acids is 1. The normalized spacial score (nSPS) is 10.6. The number of primary amides is 1. The first-order valence-corrected chi connectivity index (χ1v) is 4.77. The quantitative estimate of drug-likeness (QED) is 0.752. The maximum absolute atomic E-state index is 11.7. The second-order valence-electron chi connectivity index (χ2n) is 2.78. The van der Waals surface area contributed by atoms with Crippen LogP contribution >= 0.6 is 11.3 Å². The zero-order chi connectivity index (χ0) is 10.1. The van der Waals surface area contributed by atoms with Gasteiger partial charge in [-0.15, -0.1) is 11.3 Å². The Labute approximate surface area is 82.8 Å². The summed E-state index contributed by atoms with van der Waals surface area (Å²) >= 11 is 1.31. The summed E-state index contributed by atoms with van der Waals surface area (Å²) in [6.45, 7) is -0.125. The van der Waals surface area contributed by atoms with Crippen molar-refractivity contribution >= 4 is 27.5 Å². The van der Waals surface area contributed by atoms with E-state index in [1.807, 2.05) is 0 Å². The highest BCUT2D eigenvalue weighted by Gasteiger charge is 2.06. The number of rotatable bonds is 2. The van der Waals surface area contributed by atoms with Crippen molar-refractivity contribution < 1.29 is 4.79 Å². The molecule has 0 radical (unpaired) electrons. The number of nitrogens with zero attached hydrogens (tertiary/aromatic N) is 2. The molecule has 0 atom stereocenters. The van der Waals surface area contributed by atoms with Crippen molar-refractivity contribution in [1.82, 2.24) is 9.55 Å². The van der Waals surface area contributed by atoms with Gasteiger partial charge >= 0.3 is 0 Å². The monoisotopic (exact) mass is 209 g/mol. The number of aromatic nitrogens is 2. The maximum Gasteiger partial charge on any atom is 0.271 e. The van der Waals surface area contributed by atoms with Crippen LogP contribution in [0.5, 0.6) is 0 Å². The van der Waals surface area contributed by atoms with Gasteiger partial charge in [-0.3, -0.25) is 14.2 Å². The van der Waals surface area contributed by atoms with E-state index in [2.05, 4.69) is 4.98 Å². The number of hydrogen-bond acceptors (Lipinski definition) is 4. The number of amides is 1. The molecule has 2 rings (SSSR count). The van der Waals surface area contributed by atoms with Gasteiger partial charge in [0, 0.05) is 0 Å². The zero-order valence-corrected chi connectivity index (χ0v) is 7.95. The lowest BCUT2D eigenvalue weighted by Gasteiger charge is -2.00. The summed E-state index contributed by atoms with van der Waals surface area (Å²) in [5.41, 5.74) is 5.42. The molecule has 0 aromatic carbocycles. The first kappa shape index (κ1) is 8.89. The van der Waals surface area contributed by atoms with Gasteiger partial charge in [0.15, 0.2) is 0 Å². The molecule has 0 aliphatic rings. The van der Waals surface area contributed by atoms with E-state index in [1.54, 1.807) is 11.4 Å². The van der Waals surface area contributed by atoms with Crippen LogP contribution in [0.25, 0.3) is 10.2 Å². The van der Waals surface area contributed by atoms with Crippen molar-refractivity contribution in [3.63, 3.8) is 0 Å². The Morgan fingerprint density at radius 3 is 3.14 bits per heavy atom. The van der Waals surface area contributed by atoms with E-state index in [0.717, 1.165) is 0 Å². The number of carbonyl (C=O) groups is 1. The predicted molar refractivity (Wildman–Crippen MR) is 53.1 cm³/mol. The van der Waals surface area contributed by atoms with Gasteiger partial charge in [0.05, 0.1) is 11.8 Å². The highest BCUT2D eigenvalue weighted by Crippen LogP contribution is 2.12. The third-order valence-electron chi connectivity index (χ3n) is 1.76. The Balaban J connectivity index is 2.62. The summed E-state index contributed by atoms with van der Waals surface area (Å²) in [7, 11) is 0. The van der Waals surface area contributed by atoms with Crippen LogP contribution in [0.4, 0.5) is 0 Å². The number of nitrogens with two attached hydrogens (primary N) is 1. The van der Waals surface area contributed by atoms with Gasteiger partial charge in [-0.05, 0) is 11.4 Å². The SMILES string of the molecule is NC(=O)Cn1cnc2ccsc2c1=O. The largest absolute Gasteiger partial charge is 0.368 e. The zero-order valence-electron chi connectivity index (χ0n) is 7.14. The molecule has 0 aliphatic heterocycles. The summed E-state index contributed by atoms with van der Waals surface area (Å²) in [6, 6.07) is 1.76. The summed E-state index contributed by atoms with van der Waals surface area (Å²) in [5.74, 6) is -0.551. The third kappa shape index (κ3) is 1.39. The van der Waals surface area contributed by atoms with Gasteiger partial charge in [-0.1, -0.05) is 0 Å². The minimum absolute atomic E-state index is 0.125. The van der Waals surface area contributed by atoms with Crippen LogP contribution in [-0.4, -0.2) is 15.5 Å². The average Bonchev–Trinajstić information content (AvgIpc) is 2.57. The first-order valence-electron chi connectivity index (χ1n) is 3.89. The summed E-state index contributed by atoms with van der Waals surface area (Å²) in [6.07, 6.45) is 1.34. The standard InChI is InChI=1S/C8H7N3O2S/c9-6(12)3-11-4-10-5-1-2-14-7(5)8(11)13/h1-2,4H,3H2,(H2,9,12). The summed E-state index contributed by atoms with van der Waals surface area (Å²) in [5, 5.41) is 1.79. The van der Waals surface area contributed by atoms with E-state index in [1.165, 1.54) is 22.2 Å². The van der Waals surface area contributed by atoms with Crippen molar-refractivity contribution in [3.8, 4) is 0 Å². The van der Waals surface area contributed by atoms with E-state index in [0.29, 0.717) is 10.2 Å². The lowest BCUT2D eigenvalue weighted by molar-refractivity contribution is -0.118. The van der Waals surface area contributed by atoms with E-state index < -0.39 is 5.91 Å². The Kier molecular flexibility index (Phi) is 2.05. The van der Waals surface area contributed by atoms with Gasteiger partial charge in [-0.25, -0.2) is 4.98 Å². The summed E-state index contributed by atoms with van der Waals surface area (Å²) in [4.78, 5) is 26.3. The molecule has 2 N–H and O–H groups in total. The van der Waals surface area contributed by atoms with Crippen LogP contribution in [0.1, 0.15) is 0 Å². The van der Waals surface area contributed by atoms with E-state index in [-0.39, 0.29) is 12.1 Å². The molecule has 5 nitrogen and oxygen atoms in total. The van der Waals surface area contributed by atoms with Gasteiger partial charge in [0.25, 0.3) is 5.56 Å². The molecule has 72 valence electrons. The highest BCUT2D eigenvalue weighted by molar-refractivity contribution is 7.17. The van der Waals surface area contributed by atoms with Crippen molar-refractivity contribution in [2.75, 3.05) is 0 Å². The maximum atomic E-state index is 11.7. The molecule has 2 aromatic heterocycles. The minimum Gasteiger partial charge on any atom is -0.368 e. The van der Waals surface area contributed by atoms with Gasteiger partial charge < -0.3 is 5.73 Å². The second-order valence-corrected chi connectivity index (χ2v) is 3.70. The second kappa shape index (κ2) is 3.22. The third-order valence-corrected chi connectivity index (χ3v) is 2.65. The summed E-state index contributed by atoms with van der Waals surface area (Å²) < 4.78 is 1.76. The van der Waals surface area contributed by atoms with Crippen LogP contribution in [0.15, 0.2) is 22.6 Å². The van der Waals surface area contributed by atoms with Gasteiger partial charge in [0.2, 0.25) is 5.91 Å². The van der Waals surface area contributed by atoms with E-state index >= 15 is 0 Å². The number of thiophene rings is 1. The predicted octanol–water partition coefficient (Wildman–Crippen LogP) is -0.0567. The molecule has 2 aromatic rings. The molecule has 0 unspecified atom stereocenters. The van der Waals surface area contributed by atoms with Crippen molar-refractivity contribution in [2.24, 2.45) is 5.73 Å². The topological polar surface area (TPSA) is 78.0 Å². The van der Waals surface area contributed by atoms with Crippen molar-refractivity contribution in [2.45, 2.75) is 6.54 Å². The molecule has 6 heteroatoms. The smallest absolute Gasteiger partial charge is 0.271 e. The Hall–Kier alpha value is -1.69. The Morgan fingerprint density at radius 2 is 2.43 bits per heavy atom. The van der Waals surface area contributed by atoms with E-state index in [9.17, 15) is 9.59 Å². The van der Waals surface area contributed by atoms with Crippen molar-refractivity contribution in [3.05, 3.63) is 28.1 Å². The van der Waals surface area contributed by atoms with Crippen LogP contribution in [-0.2, 0) is 11.3 Å². The molecule has 0 bridgehead atoms. The number of fused-ring (bicyclic) bond motifs is 1. The molecular weight excluding hydrogens is 202 g/mol. The molecule has 0 saturated carbocycles. The molecule has 0 fully saturated rings. The molecule has 2 heterocycles. The first-order chi connectivity index (χ1) is 6.68. The lowest BCUT2D eigenvalue weighted by Crippen LogP contribution is -2.27. The van der Waals surface area contributed by atoms with Crippen LogP contribution in [0.2, 0.25) is 0 Å². The van der Waals surface area contributed by atoms with Crippen LogP contribution < -0.4 is 11.3 Å². The molecule has 1 amide bonds. The Bertz CT molecular complexity index is 543. The molecule has 0 aliphatic carbocycles. The highest BCUT2D eigenvalue weighted by atomic mass is 32.1. The molecule has 14 heavy (non-hydrogen) atoms. The lowest BCUT2D eigenvalue weighted by atomic mass is 10.4. The van der Waals surface area contributed by atoms with Crippen LogP contribution in [0, 0.1) is 0 Å². The van der Waals surface area contributed by atoms with Gasteiger partial charge in [-0.2, -0.15) is 0 Å². The average molecular weight is 209 g/mol. The van der Waals surface area contributed by atoms with E-state index in [4.69, 9.17) is 5.73 Å². The minimum atomic E-state index is -0.551. The molecular formula is C8H7N3O2S. The Morgan fingerprint density at radius 1 is 1.64 bits per heavy atom. The molecule has 0 spiro atoms. The fraction of sp³-hybridized carbons (Fsp3) is 0.125.